The summed E-state index contributed by atoms with van der Waals surface area (Å²) >= 11 is 0. The van der Waals surface area contributed by atoms with Gasteiger partial charge in [0.25, 0.3) is 0 Å². The van der Waals surface area contributed by atoms with Gasteiger partial charge in [-0.25, -0.2) is 9.07 Å². The molecule has 0 radical (unpaired) electrons. The normalized spacial score (nSPS) is 11.4. The third-order valence-electron chi connectivity index (χ3n) is 5.59. The standard InChI is InChI=1S/C27H24F4N4O2/c1-4-37-25-10-20(15-32-17(25)3)18-5-6-19(24(28)9-18)11-26(36)33-22-12-21(27(29,30)31)13-23(14-22)35-8-7-16(2)34-35/h5-10,12-15H,4,11H2,1-3H3,(H,33,36). The molecule has 0 fully saturated rings. The van der Waals surface area contributed by atoms with Crippen molar-refractivity contribution in [3.8, 4) is 22.6 Å². The van der Waals surface area contributed by atoms with Crippen LogP contribution in [0.4, 0.5) is 23.2 Å². The van der Waals surface area contributed by atoms with Crippen molar-refractivity contribution in [2.45, 2.75) is 33.4 Å². The lowest BCUT2D eigenvalue weighted by Gasteiger charge is -2.14. The molecule has 0 saturated heterocycles. The van der Waals surface area contributed by atoms with Crippen LogP contribution in [0.1, 0.15) is 29.4 Å². The van der Waals surface area contributed by atoms with Crippen LogP contribution in [0, 0.1) is 19.7 Å². The minimum atomic E-state index is -4.63. The Morgan fingerprint density at radius 2 is 1.84 bits per heavy atom. The summed E-state index contributed by atoms with van der Waals surface area (Å²) in [6.45, 7) is 5.83. The van der Waals surface area contributed by atoms with Gasteiger partial charge in [-0.2, -0.15) is 18.3 Å². The highest BCUT2D eigenvalue weighted by atomic mass is 19.4. The summed E-state index contributed by atoms with van der Waals surface area (Å²) < 4.78 is 62.1. The van der Waals surface area contributed by atoms with E-state index in [0.29, 0.717) is 34.9 Å². The summed E-state index contributed by atoms with van der Waals surface area (Å²) in [5.74, 6) is -0.693. The summed E-state index contributed by atoms with van der Waals surface area (Å²) in [5.41, 5.74) is 1.74. The van der Waals surface area contributed by atoms with E-state index in [0.717, 1.165) is 12.1 Å². The van der Waals surface area contributed by atoms with Gasteiger partial charge in [0.1, 0.15) is 11.6 Å². The number of amides is 1. The molecule has 6 nitrogen and oxygen atoms in total. The Morgan fingerprint density at radius 3 is 2.49 bits per heavy atom. The minimum Gasteiger partial charge on any atom is -0.492 e. The molecule has 0 unspecified atom stereocenters. The highest BCUT2D eigenvalue weighted by Gasteiger charge is 2.31. The molecule has 4 rings (SSSR count). The number of benzene rings is 2. The number of aryl methyl sites for hydroxylation is 2. The van der Waals surface area contributed by atoms with E-state index >= 15 is 0 Å². The van der Waals surface area contributed by atoms with E-state index < -0.39 is 23.5 Å². The fraction of sp³-hybridized carbons (Fsp3) is 0.222. The largest absolute Gasteiger partial charge is 0.492 e. The minimum absolute atomic E-state index is 0.0748. The van der Waals surface area contributed by atoms with Gasteiger partial charge in [0.2, 0.25) is 5.91 Å². The second kappa shape index (κ2) is 10.4. The molecule has 10 heteroatoms. The maximum atomic E-state index is 14.9. The van der Waals surface area contributed by atoms with Crippen molar-refractivity contribution < 1.29 is 27.1 Å². The van der Waals surface area contributed by atoms with Gasteiger partial charge in [-0.05, 0) is 68.3 Å². The Bertz CT molecular complexity index is 1450. The summed E-state index contributed by atoms with van der Waals surface area (Å²) in [4.78, 5) is 16.9. The first-order chi connectivity index (χ1) is 17.5. The van der Waals surface area contributed by atoms with E-state index in [-0.39, 0.29) is 23.4 Å². The first-order valence-electron chi connectivity index (χ1n) is 11.5. The van der Waals surface area contributed by atoms with Gasteiger partial charge in [0.15, 0.2) is 0 Å². The summed E-state index contributed by atoms with van der Waals surface area (Å²) in [5, 5.41) is 6.58. The zero-order valence-electron chi connectivity index (χ0n) is 20.4. The summed E-state index contributed by atoms with van der Waals surface area (Å²) in [7, 11) is 0. The van der Waals surface area contributed by atoms with Crippen molar-refractivity contribution in [2.75, 3.05) is 11.9 Å². The smallest absolute Gasteiger partial charge is 0.416 e. The van der Waals surface area contributed by atoms with Gasteiger partial charge >= 0.3 is 6.18 Å². The van der Waals surface area contributed by atoms with Crippen LogP contribution in [0.3, 0.4) is 0 Å². The molecule has 1 N–H and O–H groups in total. The number of aromatic nitrogens is 3. The third-order valence-corrected chi connectivity index (χ3v) is 5.59. The van der Waals surface area contributed by atoms with E-state index in [1.807, 2.05) is 6.92 Å². The molecule has 0 bridgehead atoms. The van der Waals surface area contributed by atoms with Crippen LogP contribution in [0.25, 0.3) is 16.8 Å². The second-order valence-corrected chi connectivity index (χ2v) is 8.44. The molecule has 0 spiro atoms. The molecule has 1 amide bonds. The lowest BCUT2D eigenvalue weighted by molar-refractivity contribution is -0.137. The fourth-order valence-corrected chi connectivity index (χ4v) is 3.76. The number of halogens is 4. The molecule has 0 aliphatic carbocycles. The number of rotatable bonds is 7. The second-order valence-electron chi connectivity index (χ2n) is 8.44. The van der Waals surface area contributed by atoms with Gasteiger partial charge in [-0.3, -0.25) is 9.78 Å². The Hall–Kier alpha value is -4.21. The lowest BCUT2D eigenvalue weighted by Crippen LogP contribution is -2.16. The number of carbonyl (C=O) groups is 1. The molecular formula is C27H24F4N4O2. The number of hydrogen-bond acceptors (Lipinski definition) is 4. The SMILES string of the molecule is CCOc1cc(-c2ccc(CC(=O)Nc3cc(-n4ccc(C)n4)cc(C(F)(F)F)c3)c(F)c2)cnc1C. The number of alkyl halides is 3. The Kier molecular flexibility index (Phi) is 7.28. The van der Waals surface area contributed by atoms with Crippen LogP contribution in [0.15, 0.2) is 60.9 Å². The third kappa shape index (κ3) is 6.14. The molecule has 37 heavy (non-hydrogen) atoms. The summed E-state index contributed by atoms with van der Waals surface area (Å²) in [6, 6.07) is 11.0. The average molecular weight is 513 g/mol. The summed E-state index contributed by atoms with van der Waals surface area (Å²) in [6.07, 6.45) is -1.87. The first-order valence-corrected chi connectivity index (χ1v) is 11.5. The van der Waals surface area contributed by atoms with E-state index in [1.54, 1.807) is 38.2 Å². The molecule has 2 aromatic heterocycles. The molecule has 0 atom stereocenters. The highest BCUT2D eigenvalue weighted by molar-refractivity contribution is 5.92. The van der Waals surface area contributed by atoms with E-state index in [4.69, 9.17) is 4.74 Å². The van der Waals surface area contributed by atoms with Crippen molar-refractivity contribution in [3.63, 3.8) is 0 Å². The Morgan fingerprint density at radius 1 is 1.05 bits per heavy atom. The van der Waals surface area contributed by atoms with Gasteiger partial charge in [0.05, 0.1) is 35.7 Å². The van der Waals surface area contributed by atoms with E-state index in [2.05, 4.69) is 15.4 Å². The number of anilines is 1. The van der Waals surface area contributed by atoms with Crippen LogP contribution < -0.4 is 10.1 Å². The van der Waals surface area contributed by atoms with Crippen LogP contribution in [-0.2, 0) is 17.4 Å². The van der Waals surface area contributed by atoms with E-state index in [1.165, 1.54) is 29.1 Å². The molecule has 0 aliphatic rings. The number of carbonyl (C=O) groups excluding carboxylic acids is 1. The number of nitrogens with one attached hydrogen (secondary N) is 1. The topological polar surface area (TPSA) is 69.0 Å². The number of pyridine rings is 1. The predicted octanol–water partition coefficient (Wildman–Crippen LogP) is 6.29. The Balaban J connectivity index is 1.54. The van der Waals surface area contributed by atoms with E-state index in [9.17, 15) is 22.4 Å². The van der Waals surface area contributed by atoms with Crippen molar-refractivity contribution >= 4 is 11.6 Å². The molecule has 192 valence electrons. The van der Waals surface area contributed by atoms with Crippen LogP contribution in [0.5, 0.6) is 5.75 Å². The maximum absolute atomic E-state index is 14.9. The lowest BCUT2D eigenvalue weighted by atomic mass is 10.0. The number of ether oxygens (including phenoxy) is 1. The van der Waals surface area contributed by atoms with Crippen molar-refractivity contribution in [3.05, 3.63) is 89.3 Å². The molecule has 4 aromatic rings. The van der Waals surface area contributed by atoms with Gasteiger partial charge < -0.3 is 10.1 Å². The van der Waals surface area contributed by atoms with Gasteiger partial charge in [-0.1, -0.05) is 12.1 Å². The van der Waals surface area contributed by atoms with Crippen molar-refractivity contribution in [2.24, 2.45) is 0 Å². The quantitative estimate of drug-likeness (QED) is 0.296. The highest BCUT2D eigenvalue weighted by Crippen LogP contribution is 2.33. The first kappa shape index (κ1) is 25.9. The molecule has 2 aromatic carbocycles. The average Bonchev–Trinajstić information content (AvgIpc) is 3.27. The van der Waals surface area contributed by atoms with Crippen LogP contribution in [-0.4, -0.2) is 27.3 Å². The maximum Gasteiger partial charge on any atom is 0.416 e. The van der Waals surface area contributed by atoms with Gasteiger partial charge in [0, 0.05) is 23.6 Å². The number of hydrogen-bond donors (Lipinski definition) is 1. The zero-order valence-corrected chi connectivity index (χ0v) is 20.4. The van der Waals surface area contributed by atoms with Crippen LogP contribution in [0.2, 0.25) is 0 Å². The predicted molar refractivity (Wildman–Crippen MR) is 131 cm³/mol. The van der Waals surface area contributed by atoms with Crippen molar-refractivity contribution in [1.82, 2.24) is 14.8 Å². The zero-order chi connectivity index (χ0) is 26.7. The van der Waals surface area contributed by atoms with Crippen LogP contribution >= 0.6 is 0 Å². The molecule has 0 saturated carbocycles. The Labute approximate surface area is 210 Å². The molecule has 0 aliphatic heterocycles. The fourth-order valence-electron chi connectivity index (χ4n) is 3.76. The van der Waals surface area contributed by atoms with Gasteiger partial charge in [-0.15, -0.1) is 0 Å². The van der Waals surface area contributed by atoms with Crippen molar-refractivity contribution in [1.29, 1.82) is 0 Å². The molecular weight excluding hydrogens is 488 g/mol. The number of nitrogens with zero attached hydrogens (tertiary/aromatic N) is 3. The molecule has 2 heterocycles. The monoisotopic (exact) mass is 512 g/mol.